The highest BCUT2D eigenvalue weighted by Gasteiger charge is 2.14. The van der Waals surface area contributed by atoms with Gasteiger partial charge in [0.2, 0.25) is 0 Å². The molecule has 106 valence electrons. The summed E-state index contributed by atoms with van der Waals surface area (Å²) in [5.74, 6) is 0. The number of aliphatic hydroxyl groups excluding tert-OH is 1. The Bertz CT molecular complexity index is 672. The standard InChI is InChI=1S/C14H16N2O3S/c15-10-14(17)11-5-4-6-12(9-11)16-20(18,19)13-7-2-1-3-8-13/h1-9,14,16-17H,10,15H2/t14-/m0/s1. The zero-order valence-corrected chi connectivity index (χ0v) is 11.5. The first-order valence-electron chi connectivity index (χ1n) is 6.09. The second-order valence-electron chi connectivity index (χ2n) is 4.30. The highest BCUT2D eigenvalue weighted by molar-refractivity contribution is 7.92. The van der Waals surface area contributed by atoms with Crippen LogP contribution in [-0.2, 0) is 10.0 Å². The normalized spacial score (nSPS) is 12.9. The first-order chi connectivity index (χ1) is 9.53. The first-order valence-corrected chi connectivity index (χ1v) is 7.57. The van der Waals surface area contributed by atoms with Gasteiger partial charge >= 0.3 is 0 Å². The van der Waals surface area contributed by atoms with Gasteiger partial charge in [-0.2, -0.15) is 0 Å². The van der Waals surface area contributed by atoms with E-state index in [4.69, 9.17) is 5.73 Å². The van der Waals surface area contributed by atoms with Crippen LogP contribution in [0, 0.1) is 0 Å². The predicted molar refractivity (Wildman–Crippen MR) is 77.7 cm³/mol. The van der Waals surface area contributed by atoms with Gasteiger partial charge in [-0.15, -0.1) is 0 Å². The first kappa shape index (κ1) is 14.5. The summed E-state index contributed by atoms with van der Waals surface area (Å²) in [5.41, 5.74) is 6.34. The van der Waals surface area contributed by atoms with Gasteiger partial charge in [-0.1, -0.05) is 30.3 Å². The van der Waals surface area contributed by atoms with E-state index in [1.165, 1.54) is 12.1 Å². The minimum absolute atomic E-state index is 0.0783. The van der Waals surface area contributed by atoms with E-state index >= 15 is 0 Å². The molecule has 0 fully saturated rings. The Balaban J connectivity index is 2.26. The molecule has 0 radical (unpaired) electrons. The van der Waals surface area contributed by atoms with Gasteiger partial charge in [-0.05, 0) is 29.8 Å². The second-order valence-corrected chi connectivity index (χ2v) is 5.98. The fourth-order valence-electron chi connectivity index (χ4n) is 1.76. The van der Waals surface area contributed by atoms with Crippen molar-refractivity contribution in [2.24, 2.45) is 5.73 Å². The van der Waals surface area contributed by atoms with Crippen molar-refractivity contribution in [1.29, 1.82) is 0 Å². The number of benzene rings is 2. The van der Waals surface area contributed by atoms with E-state index in [1.54, 1.807) is 42.5 Å². The van der Waals surface area contributed by atoms with Crippen LogP contribution in [0.5, 0.6) is 0 Å². The third kappa shape index (κ3) is 3.36. The topological polar surface area (TPSA) is 92.4 Å². The van der Waals surface area contributed by atoms with E-state index in [0.717, 1.165) is 0 Å². The SMILES string of the molecule is NC[C@H](O)c1cccc(NS(=O)(=O)c2ccccc2)c1. The lowest BCUT2D eigenvalue weighted by Crippen LogP contribution is -2.14. The van der Waals surface area contributed by atoms with Gasteiger partial charge in [0.05, 0.1) is 11.0 Å². The molecule has 0 amide bonds. The van der Waals surface area contributed by atoms with Crippen molar-refractivity contribution in [2.75, 3.05) is 11.3 Å². The molecule has 1 atom stereocenters. The molecule has 0 saturated heterocycles. The summed E-state index contributed by atoms with van der Waals surface area (Å²) in [7, 11) is -3.63. The van der Waals surface area contributed by atoms with E-state index in [1.807, 2.05) is 0 Å². The Labute approximate surface area is 118 Å². The molecule has 4 N–H and O–H groups in total. The molecule has 2 rings (SSSR count). The maximum atomic E-state index is 12.2. The van der Waals surface area contributed by atoms with E-state index in [0.29, 0.717) is 11.3 Å². The van der Waals surface area contributed by atoms with E-state index < -0.39 is 16.1 Å². The van der Waals surface area contributed by atoms with Crippen LogP contribution in [0.4, 0.5) is 5.69 Å². The zero-order chi connectivity index (χ0) is 14.6. The van der Waals surface area contributed by atoms with Crippen LogP contribution in [0.15, 0.2) is 59.5 Å². The molecule has 0 spiro atoms. The van der Waals surface area contributed by atoms with Crippen LogP contribution >= 0.6 is 0 Å². The van der Waals surface area contributed by atoms with Gasteiger partial charge in [-0.3, -0.25) is 4.72 Å². The van der Waals surface area contributed by atoms with E-state index in [2.05, 4.69) is 4.72 Å². The van der Waals surface area contributed by atoms with Gasteiger partial charge in [0.25, 0.3) is 10.0 Å². The monoisotopic (exact) mass is 292 g/mol. The summed E-state index contributed by atoms with van der Waals surface area (Å²) in [6.45, 7) is 0.0783. The number of aliphatic hydroxyl groups is 1. The lowest BCUT2D eigenvalue weighted by Gasteiger charge is -2.12. The van der Waals surface area contributed by atoms with E-state index in [-0.39, 0.29) is 11.4 Å². The summed E-state index contributed by atoms with van der Waals surface area (Å²) in [6.07, 6.45) is -0.809. The smallest absolute Gasteiger partial charge is 0.261 e. The van der Waals surface area contributed by atoms with Crippen molar-refractivity contribution in [1.82, 2.24) is 0 Å². The largest absolute Gasteiger partial charge is 0.387 e. The highest BCUT2D eigenvalue weighted by atomic mass is 32.2. The number of nitrogens with one attached hydrogen (secondary N) is 1. The van der Waals surface area contributed by atoms with Crippen LogP contribution in [0.3, 0.4) is 0 Å². The van der Waals surface area contributed by atoms with Gasteiger partial charge in [0.1, 0.15) is 0 Å². The summed E-state index contributed by atoms with van der Waals surface area (Å²) in [5, 5.41) is 9.67. The fraction of sp³-hybridized carbons (Fsp3) is 0.143. The maximum Gasteiger partial charge on any atom is 0.261 e. The zero-order valence-electron chi connectivity index (χ0n) is 10.7. The Kier molecular flexibility index (Phi) is 4.39. The fourth-order valence-corrected chi connectivity index (χ4v) is 2.83. The second kappa shape index (κ2) is 6.04. The molecule has 2 aromatic rings. The third-order valence-corrected chi connectivity index (χ3v) is 4.20. The van der Waals surface area contributed by atoms with Crippen LogP contribution < -0.4 is 10.5 Å². The van der Waals surface area contributed by atoms with Gasteiger partial charge in [-0.25, -0.2) is 8.42 Å². The van der Waals surface area contributed by atoms with Gasteiger partial charge in [0, 0.05) is 12.2 Å². The molecule has 0 aliphatic carbocycles. The number of hydrogen-bond donors (Lipinski definition) is 3. The van der Waals surface area contributed by atoms with Crippen molar-refractivity contribution in [2.45, 2.75) is 11.0 Å². The number of sulfonamides is 1. The molecule has 20 heavy (non-hydrogen) atoms. The van der Waals surface area contributed by atoms with Crippen LogP contribution in [0.2, 0.25) is 0 Å². The minimum Gasteiger partial charge on any atom is -0.387 e. The van der Waals surface area contributed by atoms with Crippen molar-refractivity contribution >= 4 is 15.7 Å². The predicted octanol–water partition coefficient (Wildman–Crippen LogP) is 1.48. The summed E-state index contributed by atoms with van der Waals surface area (Å²) < 4.78 is 26.8. The Morgan fingerprint density at radius 3 is 2.45 bits per heavy atom. The molecular formula is C14H16N2O3S. The number of nitrogens with two attached hydrogens (primary N) is 1. The summed E-state index contributed by atoms with van der Waals surface area (Å²) in [4.78, 5) is 0.185. The molecule has 0 bridgehead atoms. The maximum absolute atomic E-state index is 12.2. The molecule has 0 aliphatic heterocycles. The minimum atomic E-state index is -3.63. The van der Waals surface area contributed by atoms with Crippen LogP contribution in [0.25, 0.3) is 0 Å². The summed E-state index contributed by atoms with van der Waals surface area (Å²) in [6, 6.07) is 14.6. The third-order valence-electron chi connectivity index (χ3n) is 2.80. The highest BCUT2D eigenvalue weighted by Crippen LogP contribution is 2.20. The van der Waals surface area contributed by atoms with Crippen LogP contribution in [-0.4, -0.2) is 20.1 Å². The Morgan fingerprint density at radius 1 is 1.10 bits per heavy atom. The van der Waals surface area contributed by atoms with Crippen molar-refractivity contribution in [3.05, 3.63) is 60.2 Å². The van der Waals surface area contributed by atoms with Gasteiger partial charge < -0.3 is 10.8 Å². The van der Waals surface area contributed by atoms with Crippen molar-refractivity contribution in [3.63, 3.8) is 0 Å². The van der Waals surface area contributed by atoms with Crippen molar-refractivity contribution in [3.8, 4) is 0 Å². The molecule has 0 saturated carbocycles. The molecule has 0 unspecified atom stereocenters. The quantitative estimate of drug-likeness (QED) is 0.778. The lowest BCUT2D eigenvalue weighted by molar-refractivity contribution is 0.187. The average Bonchev–Trinajstić information content (AvgIpc) is 2.47. The van der Waals surface area contributed by atoms with Crippen molar-refractivity contribution < 1.29 is 13.5 Å². The molecule has 0 aromatic heterocycles. The van der Waals surface area contributed by atoms with Gasteiger partial charge in [0.15, 0.2) is 0 Å². The number of hydrogen-bond acceptors (Lipinski definition) is 4. The Hall–Kier alpha value is -1.89. The van der Waals surface area contributed by atoms with E-state index in [9.17, 15) is 13.5 Å². The summed E-state index contributed by atoms with van der Waals surface area (Å²) >= 11 is 0. The molecule has 2 aromatic carbocycles. The average molecular weight is 292 g/mol. The number of rotatable bonds is 5. The Morgan fingerprint density at radius 2 is 1.80 bits per heavy atom. The molecule has 5 nitrogen and oxygen atoms in total. The molecule has 0 heterocycles. The van der Waals surface area contributed by atoms with Crippen LogP contribution in [0.1, 0.15) is 11.7 Å². The number of anilines is 1. The lowest BCUT2D eigenvalue weighted by atomic mass is 10.1. The molecule has 6 heteroatoms. The molecular weight excluding hydrogens is 276 g/mol. The molecule has 0 aliphatic rings.